The van der Waals surface area contributed by atoms with Crippen LogP contribution >= 0.6 is 22.6 Å². The van der Waals surface area contributed by atoms with E-state index in [1.54, 1.807) is 0 Å². The average Bonchev–Trinajstić information content (AvgIpc) is 2.85. The third-order valence-electron chi connectivity index (χ3n) is 4.87. The second-order valence-electron chi connectivity index (χ2n) is 6.40. The van der Waals surface area contributed by atoms with Gasteiger partial charge in [0, 0.05) is 6.54 Å². The first-order chi connectivity index (χ1) is 11.0. The molecule has 0 aliphatic carbocycles. The molecule has 2 atom stereocenters. The van der Waals surface area contributed by atoms with Gasteiger partial charge in [-0.3, -0.25) is 4.79 Å². The summed E-state index contributed by atoms with van der Waals surface area (Å²) in [5.41, 5.74) is 3.76. The molecule has 23 heavy (non-hydrogen) atoms. The number of likely N-dealkylation sites (tertiary alicyclic amines) is 1. The van der Waals surface area contributed by atoms with Gasteiger partial charge in [0.15, 0.2) is 0 Å². The Kier molecular flexibility index (Phi) is 4.76. The molecule has 0 unspecified atom stereocenters. The summed E-state index contributed by atoms with van der Waals surface area (Å²) in [6, 6.07) is 18.8. The Labute approximate surface area is 152 Å². The molecule has 2 nitrogen and oxygen atoms in total. The van der Waals surface area contributed by atoms with Crippen LogP contribution in [0.4, 0.5) is 0 Å². The van der Waals surface area contributed by atoms with E-state index < -0.39 is 0 Å². The first-order valence-corrected chi connectivity index (χ1v) is 9.18. The Balaban J connectivity index is 1.79. The van der Waals surface area contributed by atoms with Gasteiger partial charge in [0.05, 0.1) is 6.04 Å². The summed E-state index contributed by atoms with van der Waals surface area (Å²) in [7, 11) is 0. The second-order valence-corrected chi connectivity index (χ2v) is 8.47. The Morgan fingerprint density at radius 1 is 1.13 bits per heavy atom. The second kappa shape index (κ2) is 6.63. The zero-order valence-corrected chi connectivity index (χ0v) is 15.8. The van der Waals surface area contributed by atoms with Crippen molar-refractivity contribution < 1.29 is 4.79 Å². The quantitative estimate of drug-likeness (QED) is 0.520. The highest BCUT2D eigenvalue weighted by molar-refractivity contribution is 14.1. The maximum atomic E-state index is 13.1. The molecule has 1 amide bonds. The lowest BCUT2D eigenvalue weighted by Crippen LogP contribution is -2.38. The third kappa shape index (κ3) is 3.30. The van der Waals surface area contributed by atoms with Crippen LogP contribution in [0.15, 0.2) is 54.6 Å². The van der Waals surface area contributed by atoms with Crippen LogP contribution in [0.2, 0.25) is 0 Å². The van der Waals surface area contributed by atoms with Crippen molar-refractivity contribution in [2.24, 2.45) is 0 Å². The molecule has 2 aromatic carbocycles. The number of benzene rings is 2. The van der Waals surface area contributed by atoms with Gasteiger partial charge in [-0.1, -0.05) is 77.2 Å². The summed E-state index contributed by atoms with van der Waals surface area (Å²) in [4.78, 5) is 15.1. The summed E-state index contributed by atoms with van der Waals surface area (Å²) >= 11 is 2.39. The fraction of sp³-hybridized carbons (Fsp3) is 0.350. The van der Waals surface area contributed by atoms with Gasteiger partial charge in [-0.05, 0) is 43.4 Å². The van der Waals surface area contributed by atoms with Crippen molar-refractivity contribution in [1.82, 2.24) is 4.90 Å². The topological polar surface area (TPSA) is 20.3 Å². The number of aryl methyl sites for hydroxylation is 1. The molecule has 0 aromatic heterocycles. The Hall–Kier alpha value is -1.36. The lowest BCUT2D eigenvalue weighted by Gasteiger charge is -2.27. The van der Waals surface area contributed by atoms with E-state index in [1.165, 1.54) is 16.7 Å². The van der Waals surface area contributed by atoms with E-state index in [-0.39, 0.29) is 15.4 Å². The van der Waals surface area contributed by atoms with Crippen LogP contribution in [0.3, 0.4) is 0 Å². The highest BCUT2D eigenvalue weighted by atomic mass is 127. The molecule has 1 aliphatic heterocycles. The number of hydrogen-bond acceptors (Lipinski definition) is 1. The molecule has 1 fully saturated rings. The predicted molar refractivity (Wildman–Crippen MR) is 103 cm³/mol. The Morgan fingerprint density at radius 3 is 2.48 bits per heavy atom. The SMILES string of the molecule is Cc1ccccc1C[C@@]1(I)CCN([C@@H](C)c2ccccc2)C1=O. The van der Waals surface area contributed by atoms with Gasteiger partial charge < -0.3 is 4.90 Å². The Morgan fingerprint density at radius 2 is 1.78 bits per heavy atom. The maximum absolute atomic E-state index is 13.1. The van der Waals surface area contributed by atoms with E-state index in [0.29, 0.717) is 0 Å². The van der Waals surface area contributed by atoms with E-state index in [9.17, 15) is 4.79 Å². The third-order valence-corrected chi connectivity index (χ3v) is 6.26. The number of hydrogen-bond donors (Lipinski definition) is 0. The van der Waals surface area contributed by atoms with Gasteiger partial charge in [-0.15, -0.1) is 0 Å². The van der Waals surface area contributed by atoms with E-state index >= 15 is 0 Å². The molecule has 0 radical (unpaired) electrons. The van der Waals surface area contributed by atoms with Gasteiger partial charge in [0.2, 0.25) is 5.91 Å². The van der Waals surface area contributed by atoms with Gasteiger partial charge in [0.25, 0.3) is 0 Å². The minimum atomic E-state index is -0.313. The number of carbonyl (C=O) groups is 1. The standard InChI is InChI=1S/C20H22INO/c1-15-8-6-7-11-18(15)14-20(21)12-13-22(19(20)23)16(2)17-9-4-3-5-10-17/h3-11,16H,12-14H2,1-2H3/t16-,20-/m0/s1. The zero-order valence-electron chi connectivity index (χ0n) is 13.6. The first kappa shape index (κ1) is 16.5. The molecule has 0 spiro atoms. The largest absolute Gasteiger partial charge is 0.335 e. The van der Waals surface area contributed by atoms with Gasteiger partial charge in [-0.2, -0.15) is 0 Å². The van der Waals surface area contributed by atoms with Crippen molar-refractivity contribution in [3.8, 4) is 0 Å². The van der Waals surface area contributed by atoms with Crippen LogP contribution in [-0.4, -0.2) is 20.8 Å². The van der Waals surface area contributed by atoms with Crippen LogP contribution < -0.4 is 0 Å². The summed E-state index contributed by atoms with van der Waals surface area (Å²) in [5, 5.41) is 0. The van der Waals surface area contributed by atoms with Crippen molar-refractivity contribution in [1.29, 1.82) is 0 Å². The average molecular weight is 419 g/mol. The number of alkyl halides is 1. The molecule has 2 aromatic rings. The van der Waals surface area contributed by atoms with E-state index in [0.717, 1.165) is 19.4 Å². The van der Waals surface area contributed by atoms with E-state index in [1.807, 2.05) is 23.1 Å². The minimum absolute atomic E-state index is 0.136. The molecular weight excluding hydrogens is 397 g/mol. The fourth-order valence-electron chi connectivity index (χ4n) is 3.32. The van der Waals surface area contributed by atoms with Crippen molar-refractivity contribution in [2.75, 3.05) is 6.54 Å². The van der Waals surface area contributed by atoms with Crippen LogP contribution in [-0.2, 0) is 11.2 Å². The van der Waals surface area contributed by atoms with Crippen molar-refractivity contribution in [3.63, 3.8) is 0 Å². The molecule has 0 bridgehead atoms. The number of amides is 1. The highest BCUT2D eigenvalue weighted by Gasteiger charge is 2.46. The van der Waals surface area contributed by atoms with E-state index in [4.69, 9.17) is 0 Å². The normalized spacial score (nSPS) is 22.4. The van der Waals surface area contributed by atoms with Gasteiger partial charge in [-0.25, -0.2) is 0 Å². The van der Waals surface area contributed by atoms with Crippen molar-refractivity contribution >= 4 is 28.5 Å². The number of halogens is 1. The first-order valence-electron chi connectivity index (χ1n) is 8.11. The molecule has 3 heteroatoms. The molecule has 1 aliphatic rings. The van der Waals surface area contributed by atoms with Crippen LogP contribution in [0.1, 0.15) is 36.1 Å². The molecule has 1 saturated heterocycles. The highest BCUT2D eigenvalue weighted by Crippen LogP contribution is 2.39. The monoisotopic (exact) mass is 419 g/mol. The molecule has 120 valence electrons. The van der Waals surface area contributed by atoms with E-state index in [2.05, 4.69) is 72.8 Å². The van der Waals surface area contributed by atoms with Crippen molar-refractivity contribution in [2.45, 2.75) is 36.2 Å². The van der Waals surface area contributed by atoms with Gasteiger partial charge >= 0.3 is 0 Å². The molecule has 0 N–H and O–H groups in total. The molecule has 1 heterocycles. The molecule has 0 saturated carbocycles. The summed E-state index contributed by atoms with van der Waals surface area (Å²) in [6.45, 7) is 5.09. The molecular formula is C20H22INO. The van der Waals surface area contributed by atoms with Crippen LogP contribution in [0.25, 0.3) is 0 Å². The zero-order chi connectivity index (χ0) is 16.4. The predicted octanol–water partition coefficient (Wildman–Crippen LogP) is 4.70. The lowest BCUT2D eigenvalue weighted by atomic mass is 9.95. The summed E-state index contributed by atoms with van der Waals surface area (Å²) in [5.74, 6) is 0.276. The number of carbonyl (C=O) groups excluding carboxylic acids is 1. The Bertz CT molecular complexity index is 700. The maximum Gasteiger partial charge on any atom is 0.239 e. The smallest absolute Gasteiger partial charge is 0.239 e. The fourth-order valence-corrected chi connectivity index (χ4v) is 4.28. The summed E-state index contributed by atoms with van der Waals surface area (Å²) < 4.78 is -0.313. The minimum Gasteiger partial charge on any atom is -0.335 e. The van der Waals surface area contributed by atoms with Crippen LogP contribution in [0, 0.1) is 6.92 Å². The lowest BCUT2D eigenvalue weighted by molar-refractivity contribution is -0.131. The summed E-state index contributed by atoms with van der Waals surface area (Å²) in [6.07, 6.45) is 1.73. The van der Waals surface area contributed by atoms with Gasteiger partial charge in [0.1, 0.15) is 3.42 Å². The van der Waals surface area contributed by atoms with Crippen LogP contribution in [0.5, 0.6) is 0 Å². The number of rotatable bonds is 4. The molecule has 3 rings (SSSR count). The number of nitrogens with zero attached hydrogens (tertiary/aromatic N) is 1. The van der Waals surface area contributed by atoms with Crippen molar-refractivity contribution in [3.05, 3.63) is 71.3 Å².